The van der Waals surface area contributed by atoms with Gasteiger partial charge in [-0.25, -0.2) is 0 Å². The molecule has 0 heterocycles. The van der Waals surface area contributed by atoms with Crippen LogP contribution in [0.4, 0.5) is 0 Å². The third-order valence-electron chi connectivity index (χ3n) is 3.18. The van der Waals surface area contributed by atoms with Crippen molar-refractivity contribution in [3.63, 3.8) is 0 Å². The van der Waals surface area contributed by atoms with Crippen LogP contribution in [0, 0.1) is 12.8 Å². The lowest BCUT2D eigenvalue weighted by Gasteiger charge is -2.22. The standard InChI is InChI=1S/C14H23N/c1-5-14(15-4)12(3)10-13-8-6-11(2)7-9-13/h6-9,12,14-15H,5,10H2,1-4H3. The number of aryl methyl sites for hydroxylation is 1. The second-order valence-electron chi connectivity index (χ2n) is 4.47. The molecule has 0 aromatic heterocycles. The Morgan fingerprint density at radius 2 is 1.80 bits per heavy atom. The smallest absolute Gasteiger partial charge is 0.00902 e. The average molecular weight is 205 g/mol. The molecule has 0 radical (unpaired) electrons. The molecule has 0 fully saturated rings. The molecule has 1 rings (SSSR count). The first-order chi connectivity index (χ1) is 7.17. The topological polar surface area (TPSA) is 12.0 Å². The molecule has 1 N–H and O–H groups in total. The summed E-state index contributed by atoms with van der Waals surface area (Å²) in [4.78, 5) is 0. The predicted molar refractivity (Wildman–Crippen MR) is 67.2 cm³/mol. The van der Waals surface area contributed by atoms with Crippen LogP contribution in [-0.4, -0.2) is 13.1 Å². The maximum atomic E-state index is 3.38. The second kappa shape index (κ2) is 5.92. The van der Waals surface area contributed by atoms with E-state index in [1.165, 1.54) is 24.0 Å². The molecule has 0 aliphatic rings. The zero-order valence-corrected chi connectivity index (χ0v) is 10.4. The quantitative estimate of drug-likeness (QED) is 0.778. The van der Waals surface area contributed by atoms with E-state index >= 15 is 0 Å². The van der Waals surface area contributed by atoms with Gasteiger partial charge in [0.1, 0.15) is 0 Å². The summed E-state index contributed by atoms with van der Waals surface area (Å²) in [6.07, 6.45) is 2.36. The molecular weight excluding hydrogens is 182 g/mol. The Bertz CT molecular complexity index is 272. The first-order valence-corrected chi connectivity index (χ1v) is 5.90. The van der Waals surface area contributed by atoms with Crippen LogP contribution in [0.15, 0.2) is 24.3 Å². The van der Waals surface area contributed by atoms with Crippen LogP contribution < -0.4 is 5.32 Å². The number of hydrogen-bond acceptors (Lipinski definition) is 1. The number of hydrogen-bond donors (Lipinski definition) is 1. The summed E-state index contributed by atoms with van der Waals surface area (Å²) in [5.41, 5.74) is 2.79. The van der Waals surface area contributed by atoms with Gasteiger partial charge in [-0.15, -0.1) is 0 Å². The summed E-state index contributed by atoms with van der Waals surface area (Å²) < 4.78 is 0. The SMILES string of the molecule is CCC(NC)C(C)Cc1ccc(C)cc1. The van der Waals surface area contributed by atoms with Crippen molar-refractivity contribution >= 4 is 0 Å². The van der Waals surface area contributed by atoms with Crippen LogP contribution in [0.1, 0.15) is 31.4 Å². The monoisotopic (exact) mass is 205 g/mol. The summed E-state index contributed by atoms with van der Waals surface area (Å²) in [5, 5.41) is 3.38. The van der Waals surface area contributed by atoms with Crippen LogP contribution in [0.25, 0.3) is 0 Å². The molecule has 0 saturated heterocycles. The molecule has 0 saturated carbocycles. The van der Waals surface area contributed by atoms with Crippen LogP contribution in [0.3, 0.4) is 0 Å². The fraction of sp³-hybridized carbons (Fsp3) is 0.571. The first kappa shape index (κ1) is 12.3. The van der Waals surface area contributed by atoms with Gasteiger partial charge in [0.15, 0.2) is 0 Å². The fourth-order valence-corrected chi connectivity index (χ4v) is 2.13. The van der Waals surface area contributed by atoms with E-state index in [0.717, 1.165) is 0 Å². The van der Waals surface area contributed by atoms with Crippen molar-refractivity contribution in [2.45, 2.75) is 39.7 Å². The zero-order valence-electron chi connectivity index (χ0n) is 10.4. The van der Waals surface area contributed by atoms with E-state index < -0.39 is 0 Å². The van der Waals surface area contributed by atoms with E-state index in [4.69, 9.17) is 0 Å². The van der Waals surface area contributed by atoms with E-state index in [9.17, 15) is 0 Å². The molecule has 84 valence electrons. The minimum Gasteiger partial charge on any atom is -0.317 e. The van der Waals surface area contributed by atoms with E-state index in [1.807, 2.05) is 0 Å². The van der Waals surface area contributed by atoms with Gasteiger partial charge in [-0.1, -0.05) is 43.7 Å². The van der Waals surface area contributed by atoms with E-state index in [2.05, 4.69) is 57.4 Å². The van der Waals surface area contributed by atoms with Crippen molar-refractivity contribution in [3.05, 3.63) is 35.4 Å². The van der Waals surface area contributed by atoms with Crippen molar-refractivity contribution < 1.29 is 0 Å². The van der Waals surface area contributed by atoms with Crippen LogP contribution in [-0.2, 0) is 6.42 Å². The molecule has 0 spiro atoms. The average Bonchev–Trinajstić information content (AvgIpc) is 2.23. The highest BCUT2D eigenvalue weighted by Gasteiger charge is 2.13. The summed E-state index contributed by atoms with van der Waals surface area (Å²) in [6.45, 7) is 6.70. The third kappa shape index (κ3) is 3.67. The van der Waals surface area contributed by atoms with Crippen molar-refractivity contribution in [2.75, 3.05) is 7.05 Å². The van der Waals surface area contributed by atoms with Gasteiger partial charge >= 0.3 is 0 Å². The minimum atomic E-state index is 0.631. The molecule has 2 unspecified atom stereocenters. The number of rotatable bonds is 5. The van der Waals surface area contributed by atoms with Crippen molar-refractivity contribution in [1.82, 2.24) is 5.32 Å². The van der Waals surface area contributed by atoms with Gasteiger partial charge in [-0.3, -0.25) is 0 Å². The van der Waals surface area contributed by atoms with Gasteiger partial charge in [-0.2, -0.15) is 0 Å². The summed E-state index contributed by atoms with van der Waals surface area (Å²) in [5.74, 6) is 0.697. The molecule has 1 aromatic rings. The zero-order chi connectivity index (χ0) is 11.3. The van der Waals surface area contributed by atoms with E-state index in [1.54, 1.807) is 0 Å². The van der Waals surface area contributed by atoms with Crippen molar-refractivity contribution in [1.29, 1.82) is 0 Å². The fourth-order valence-electron chi connectivity index (χ4n) is 2.13. The Morgan fingerprint density at radius 1 is 1.20 bits per heavy atom. The summed E-state index contributed by atoms with van der Waals surface area (Å²) in [7, 11) is 2.06. The Morgan fingerprint density at radius 3 is 2.27 bits per heavy atom. The van der Waals surface area contributed by atoms with Gasteiger partial charge in [0.25, 0.3) is 0 Å². The first-order valence-electron chi connectivity index (χ1n) is 5.90. The predicted octanol–water partition coefficient (Wildman–Crippen LogP) is 3.17. The van der Waals surface area contributed by atoms with Gasteiger partial charge in [0.2, 0.25) is 0 Å². The van der Waals surface area contributed by atoms with Gasteiger partial charge in [-0.05, 0) is 38.3 Å². The highest BCUT2D eigenvalue weighted by atomic mass is 14.9. The molecule has 15 heavy (non-hydrogen) atoms. The molecule has 1 heteroatoms. The normalized spacial score (nSPS) is 14.9. The molecule has 1 aromatic carbocycles. The Balaban J connectivity index is 2.57. The minimum absolute atomic E-state index is 0.631. The van der Waals surface area contributed by atoms with E-state index in [-0.39, 0.29) is 0 Å². The number of benzene rings is 1. The lowest BCUT2D eigenvalue weighted by Crippen LogP contribution is -2.32. The molecule has 1 nitrogen and oxygen atoms in total. The van der Waals surface area contributed by atoms with E-state index in [0.29, 0.717) is 12.0 Å². The maximum Gasteiger partial charge on any atom is 0.00902 e. The Kier molecular flexibility index (Phi) is 4.83. The summed E-state index contributed by atoms with van der Waals surface area (Å²) in [6, 6.07) is 9.51. The summed E-state index contributed by atoms with van der Waals surface area (Å²) >= 11 is 0. The van der Waals surface area contributed by atoms with Gasteiger partial charge in [0, 0.05) is 6.04 Å². The van der Waals surface area contributed by atoms with Crippen LogP contribution >= 0.6 is 0 Å². The highest BCUT2D eigenvalue weighted by molar-refractivity contribution is 5.21. The highest BCUT2D eigenvalue weighted by Crippen LogP contribution is 2.14. The second-order valence-corrected chi connectivity index (χ2v) is 4.47. The Labute approximate surface area is 93.9 Å². The molecule has 0 aliphatic carbocycles. The molecule has 2 atom stereocenters. The van der Waals surface area contributed by atoms with Gasteiger partial charge in [0.05, 0.1) is 0 Å². The Hall–Kier alpha value is -0.820. The molecule has 0 aliphatic heterocycles. The molecular formula is C14H23N. The van der Waals surface area contributed by atoms with Crippen LogP contribution in [0.2, 0.25) is 0 Å². The number of nitrogens with one attached hydrogen (secondary N) is 1. The molecule has 0 amide bonds. The van der Waals surface area contributed by atoms with Gasteiger partial charge < -0.3 is 5.32 Å². The maximum absolute atomic E-state index is 3.38. The third-order valence-corrected chi connectivity index (χ3v) is 3.18. The lowest BCUT2D eigenvalue weighted by molar-refractivity contribution is 0.387. The lowest BCUT2D eigenvalue weighted by atomic mass is 9.92. The largest absolute Gasteiger partial charge is 0.317 e. The molecule has 0 bridgehead atoms. The van der Waals surface area contributed by atoms with Crippen molar-refractivity contribution in [2.24, 2.45) is 5.92 Å². The van der Waals surface area contributed by atoms with Crippen molar-refractivity contribution in [3.8, 4) is 0 Å². The van der Waals surface area contributed by atoms with Crippen LogP contribution in [0.5, 0.6) is 0 Å².